The second-order valence-electron chi connectivity index (χ2n) is 3.68. The molecule has 0 saturated carbocycles. The molecule has 0 spiro atoms. The lowest BCUT2D eigenvalue weighted by molar-refractivity contribution is 0.310. The Kier molecular flexibility index (Phi) is 2.27. The van der Waals surface area contributed by atoms with Gasteiger partial charge in [-0.25, -0.2) is 13.1 Å². The first kappa shape index (κ1) is 10.2. The molecule has 5 nitrogen and oxygen atoms in total. The van der Waals surface area contributed by atoms with Crippen molar-refractivity contribution in [2.75, 3.05) is 11.5 Å². The maximum Gasteiger partial charge on any atom is 0.150 e. The molecule has 80 valence electrons. The van der Waals surface area contributed by atoms with Gasteiger partial charge in [-0.1, -0.05) is 11.1 Å². The van der Waals surface area contributed by atoms with Crippen molar-refractivity contribution < 1.29 is 8.42 Å². The Balaban J connectivity index is 2.31. The highest BCUT2D eigenvalue weighted by molar-refractivity contribution is 7.91. The molecular formula is C9H11N3O2S. The van der Waals surface area contributed by atoms with E-state index in [0.717, 1.165) is 0 Å². The minimum atomic E-state index is -2.91. The van der Waals surface area contributed by atoms with Crippen LogP contribution in [-0.2, 0) is 15.4 Å². The van der Waals surface area contributed by atoms with Crippen LogP contribution in [-0.4, -0.2) is 34.9 Å². The number of nitrogens with zero attached hydrogens (tertiary/aromatic N) is 3. The molecule has 1 aromatic rings. The predicted molar refractivity (Wildman–Crippen MR) is 54.7 cm³/mol. The van der Waals surface area contributed by atoms with Crippen molar-refractivity contribution >= 4 is 9.84 Å². The zero-order valence-corrected chi connectivity index (χ0v) is 8.94. The van der Waals surface area contributed by atoms with Gasteiger partial charge in [0.15, 0.2) is 9.84 Å². The molecule has 0 unspecified atom stereocenters. The van der Waals surface area contributed by atoms with Crippen molar-refractivity contribution in [3.63, 3.8) is 0 Å². The normalized spacial score (nSPS) is 23.1. The van der Waals surface area contributed by atoms with Gasteiger partial charge in [-0.05, 0) is 12.8 Å². The fraction of sp³-hybridized carbons (Fsp3) is 0.556. The smallest absolute Gasteiger partial charge is 0.150 e. The summed E-state index contributed by atoms with van der Waals surface area (Å²) in [6.45, 7) is 0. The molecule has 1 aliphatic heterocycles. The number of terminal acetylenes is 1. The third-order valence-corrected chi connectivity index (χ3v) is 4.44. The summed E-state index contributed by atoms with van der Waals surface area (Å²) in [6.07, 6.45) is 9.53. The van der Waals surface area contributed by atoms with Crippen LogP contribution in [0.4, 0.5) is 0 Å². The molecule has 1 fully saturated rings. The Hall–Kier alpha value is -1.35. The summed E-state index contributed by atoms with van der Waals surface area (Å²) in [5.74, 6) is 2.90. The van der Waals surface area contributed by atoms with E-state index in [9.17, 15) is 8.42 Å². The highest BCUT2D eigenvalue weighted by atomic mass is 32.2. The van der Waals surface area contributed by atoms with E-state index >= 15 is 0 Å². The van der Waals surface area contributed by atoms with E-state index in [4.69, 9.17) is 6.42 Å². The monoisotopic (exact) mass is 225 g/mol. The molecule has 6 heteroatoms. The lowest BCUT2D eigenvalue weighted by atomic mass is 9.94. The molecule has 0 N–H and O–H groups in total. The highest BCUT2D eigenvalue weighted by Crippen LogP contribution is 2.29. The number of hydrogen-bond donors (Lipinski definition) is 0. The van der Waals surface area contributed by atoms with Gasteiger partial charge in [0, 0.05) is 6.20 Å². The van der Waals surface area contributed by atoms with E-state index in [-0.39, 0.29) is 11.5 Å². The van der Waals surface area contributed by atoms with Crippen LogP contribution in [0.2, 0.25) is 0 Å². The first-order chi connectivity index (χ1) is 7.08. The van der Waals surface area contributed by atoms with Crippen molar-refractivity contribution in [1.82, 2.24) is 15.0 Å². The summed E-state index contributed by atoms with van der Waals surface area (Å²) in [7, 11) is -2.91. The standard InChI is InChI=1S/C9H11N3O2S/c1-2-9(12-6-5-10-11-12)3-7-15(13,14)8-4-9/h1,5-6H,3-4,7-8H2. The van der Waals surface area contributed by atoms with Crippen molar-refractivity contribution in [2.24, 2.45) is 0 Å². The number of aromatic nitrogens is 3. The molecule has 1 aliphatic rings. The van der Waals surface area contributed by atoms with Crippen molar-refractivity contribution in [3.05, 3.63) is 12.4 Å². The minimum Gasteiger partial charge on any atom is -0.234 e. The molecule has 15 heavy (non-hydrogen) atoms. The largest absolute Gasteiger partial charge is 0.234 e. The molecule has 0 aliphatic carbocycles. The summed E-state index contributed by atoms with van der Waals surface area (Å²) >= 11 is 0. The van der Waals surface area contributed by atoms with E-state index in [1.165, 1.54) is 0 Å². The van der Waals surface area contributed by atoms with Gasteiger partial charge in [0.05, 0.1) is 17.7 Å². The summed E-state index contributed by atoms with van der Waals surface area (Å²) in [6, 6.07) is 0. The molecule has 0 radical (unpaired) electrons. The van der Waals surface area contributed by atoms with Gasteiger partial charge in [-0.2, -0.15) is 0 Å². The summed E-state index contributed by atoms with van der Waals surface area (Å²) in [5.41, 5.74) is -0.609. The van der Waals surface area contributed by atoms with E-state index < -0.39 is 15.4 Å². The van der Waals surface area contributed by atoms with Crippen LogP contribution < -0.4 is 0 Å². The molecule has 1 saturated heterocycles. The van der Waals surface area contributed by atoms with Crippen molar-refractivity contribution in [1.29, 1.82) is 0 Å². The third kappa shape index (κ3) is 1.75. The Morgan fingerprint density at radius 3 is 2.53 bits per heavy atom. The van der Waals surface area contributed by atoms with E-state index in [0.29, 0.717) is 12.8 Å². The first-order valence-electron chi connectivity index (χ1n) is 4.63. The van der Waals surface area contributed by atoms with Crippen LogP contribution in [0.25, 0.3) is 0 Å². The third-order valence-electron chi connectivity index (χ3n) is 2.78. The Morgan fingerprint density at radius 2 is 2.07 bits per heavy atom. The molecule has 0 bridgehead atoms. The maximum atomic E-state index is 11.3. The highest BCUT2D eigenvalue weighted by Gasteiger charge is 2.38. The maximum absolute atomic E-state index is 11.3. The van der Waals surface area contributed by atoms with Crippen LogP contribution in [0.15, 0.2) is 12.4 Å². The Morgan fingerprint density at radius 1 is 1.40 bits per heavy atom. The molecule has 0 amide bonds. The molecular weight excluding hydrogens is 214 g/mol. The summed E-state index contributed by atoms with van der Waals surface area (Å²) < 4.78 is 24.2. The second kappa shape index (κ2) is 3.35. The van der Waals surface area contributed by atoms with E-state index in [2.05, 4.69) is 16.2 Å². The Labute approximate surface area is 88.4 Å². The summed E-state index contributed by atoms with van der Waals surface area (Å²) in [4.78, 5) is 0. The topological polar surface area (TPSA) is 64.8 Å². The van der Waals surface area contributed by atoms with Gasteiger partial charge in [-0.15, -0.1) is 11.5 Å². The fourth-order valence-corrected chi connectivity index (χ4v) is 3.25. The average Bonchev–Trinajstić information content (AvgIpc) is 2.72. The van der Waals surface area contributed by atoms with Gasteiger partial charge in [0.1, 0.15) is 5.54 Å². The lowest BCUT2D eigenvalue weighted by Gasteiger charge is -2.31. The second-order valence-corrected chi connectivity index (χ2v) is 5.98. The molecule has 0 aromatic carbocycles. The van der Waals surface area contributed by atoms with Crippen molar-refractivity contribution in [3.8, 4) is 12.3 Å². The SMILES string of the molecule is C#CC1(n2ccnn2)CCS(=O)(=O)CC1. The molecule has 0 atom stereocenters. The van der Waals surface area contributed by atoms with Gasteiger partial charge in [0.2, 0.25) is 0 Å². The summed E-state index contributed by atoms with van der Waals surface area (Å²) in [5, 5.41) is 7.55. The number of rotatable bonds is 1. The first-order valence-corrected chi connectivity index (χ1v) is 6.45. The van der Waals surface area contributed by atoms with Crippen LogP contribution in [0, 0.1) is 12.3 Å². The van der Waals surface area contributed by atoms with Gasteiger partial charge < -0.3 is 0 Å². The van der Waals surface area contributed by atoms with Crippen LogP contribution in [0.5, 0.6) is 0 Å². The van der Waals surface area contributed by atoms with Crippen LogP contribution in [0.1, 0.15) is 12.8 Å². The zero-order valence-electron chi connectivity index (χ0n) is 8.13. The quantitative estimate of drug-likeness (QED) is 0.622. The lowest BCUT2D eigenvalue weighted by Crippen LogP contribution is -2.41. The minimum absolute atomic E-state index is 0.122. The van der Waals surface area contributed by atoms with Crippen LogP contribution in [0.3, 0.4) is 0 Å². The molecule has 2 heterocycles. The average molecular weight is 225 g/mol. The van der Waals surface area contributed by atoms with Crippen LogP contribution >= 0.6 is 0 Å². The fourth-order valence-electron chi connectivity index (χ4n) is 1.75. The van der Waals surface area contributed by atoms with Gasteiger partial charge in [0.25, 0.3) is 0 Å². The predicted octanol–water partition coefficient (Wildman–Crippen LogP) is -0.185. The zero-order chi connectivity index (χ0) is 10.9. The number of sulfone groups is 1. The Bertz CT molecular complexity index is 470. The molecule has 2 rings (SSSR count). The molecule has 1 aromatic heterocycles. The van der Waals surface area contributed by atoms with E-state index in [1.807, 2.05) is 0 Å². The van der Waals surface area contributed by atoms with Crippen molar-refractivity contribution in [2.45, 2.75) is 18.4 Å². The van der Waals surface area contributed by atoms with E-state index in [1.54, 1.807) is 17.1 Å². The number of hydrogen-bond acceptors (Lipinski definition) is 4. The van der Waals surface area contributed by atoms with Gasteiger partial charge >= 0.3 is 0 Å². The van der Waals surface area contributed by atoms with Gasteiger partial charge in [-0.3, -0.25) is 0 Å².